The van der Waals surface area contributed by atoms with Crippen molar-refractivity contribution in [3.8, 4) is 5.75 Å². The molecule has 0 aliphatic rings. The van der Waals surface area contributed by atoms with Crippen LogP contribution in [0.3, 0.4) is 0 Å². The lowest BCUT2D eigenvalue weighted by atomic mass is 10.1. The first-order valence-electron chi connectivity index (χ1n) is 10.1. The molecule has 3 aromatic carbocycles. The Morgan fingerprint density at radius 3 is 2.61 bits per heavy atom. The number of nitrogens with one attached hydrogen (secondary N) is 1. The summed E-state index contributed by atoms with van der Waals surface area (Å²) in [6.07, 6.45) is 3.12. The number of aromatic nitrogens is 2. The van der Waals surface area contributed by atoms with Crippen LogP contribution in [-0.4, -0.2) is 15.7 Å². The number of nitrogens with zero attached hydrogens (tertiary/aromatic N) is 2. The maximum absolute atomic E-state index is 14.0. The van der Waals surface area contributed by atoms with Crippen LogP contribution < -0.4 is 10.1 Å². The van der Waals surface area contributed by atoms with Gasteiger partial charge in [-0.3, -0.25) is 9.48 Å². The number of benzene rings is 3. The van der Waals surface area contributed by atoms with Gasteiger partial charge in [-0.2, -0.15) is 5.10 Å². The molecular formula is C25H20Cl2FN3O2. The van der Waals surface area contributed by atoms with Crippen LogP contribution in [0.5, 0.6) is 5.75 Å². The molecular weight excluding hydrogens is 464 g/mol. The maximum atomic E-state index is 14.0. The number of aryl methyl sites for hydroxylation is 1. The molecule has 1 amide bonds. The number of anilines is 1. The topological polar surface area (TPSA) is 56.1 Å². The zero-order valence-corrected chi connectivity index (χ0v) is 19.2. The van der Waals surface area contributed by atoms with Crippen molar-refractivity contribution in [3.63, 3.8) is 0 Å². The first kappa shape index (κ1) is 22.8. The third-order valence-corrected chi connectivity index (χ3v) is 5.80. The number of hydrogen-bond donors (Lipinski definition) is 1. The standard InChI is InChI=1S/C25H20Cl2FN3O2/c1-16-11-20(9-10-22(16)26)33-15-17-5-7-18(8-6-17)25(32)30-19-12-29-31(13-19)14-21-23(27)3-2-4-24(21)28/h2-13H,14-15H2,1H3,(H,30,32). The van der Waals surface area contributed by atoms with E-state index in [0.717, 1.165) is 16.9 Å². The molecule has 0 saturated heterocycles. The summed E-state index contributed by atoms with van der Waals surface area (Å²) >= 11 is 12.1. The van der Waals surface area contributed by atoms with Crippen LogP contribution in [0.25, 0.3) is 0 Å². The van der Waals surface area contributed by atoms with Gasteiger partial charge in [0.2, 0.25) is 0 Å². The van der Waals surface area contributed by atoms with Crippen molar-refractivity contribution in [1.29, 1.82) is 0 Å². The van der Waals surface area contributed by atoms with Crippen molar-refractivity contribution >= 4 is 34.8 Å². The highest BCUT2D eigenvalue weighted by molar-refractivity contribution is 6.31. The number of amides is 1. The molecule has 0 atom stereocenters. The number of ether oxygens (including phenoxy) is 1. The van der Waals surface area contributed by atoms with E-state index in [1.54, 1.807) is 36.5 Å². The summed E-state index contributed by atoms with van der Waals surface area (Å²) < 4.78 is 21.3. The summed E-state index contributed by atoms with van der Waals surface area (Å²) in [5.74, 6) is 0.0468. The van der Waals surface area contributed by atoms with E-state index in [2.05, 4.69) is 10.4 Å². The van der Waals surface area contributed by atoms with Gasteiger partial charge in [-0.25, -0.2) is 4.39 Å². The van der Waals surface area contributed by atoms with Gasteiger partial charge in [0, 0.05) is 27.4 Å². The fourth-order valence-corrected chi connectivity index (χ4v) is 3.53. The van der Waals surface area contributed by atoms with Crippen LogP contribution in [0, 0.1) is 12.7 Å². The minimum atomic E-state index is -0.404. The Bertz CT molecular complexity index is 1270. The van der Waals surface area contributed by atoms with E-state index in [-0.39, 0.29) is 12.5 Å². The van der Waals surface area contributed by atoms with Crippen molar-refractivity contribution in [2.75, 3.05) is 5.32 Å². The summed E-state index contributed by atoms with van der Waals surface area (Å²) in [5.41, 5.74) is 3.20. The Morgan fingerprint density at radius 2 is 1.88 bits per heavy atom. The van der Waals surface area contributed by atoms with Gasteiger partial charge >= 0.3 is 0 Å². The lowest BCUT2D eigenvalue weighted by molar-refractivity contribution is 0.102. The number of carbonyl (C=O) groups excluding carboxylic acids is 1. The second-order valence-corrected chi connectivity index (χ2v) is 8.29. The van der Waals surface area contributed by atoms with E-state index in [0.29, 0.717) is 33.5 Å². The number of carbonyl (C=O) groups is 1. The van der Waals surface area contributed by atoms with E-state index >= 15 is 0 Å². The summed E-state index contributed by atoms with van der Waals surface area (Å²) in [6, 6.07) is 17.1. The van der Waals surface area contributed by atoms with E-state index in [4.69, 9.17) is 27.9 Å². The highest BCUT2D eigenvalue weighted by Crippen LogP contribution is 2.22. The van der Waals surface area contributed by atoms with Crippen molar-refractivity contribution in [2.45, 2.75) is 20.1 Å². The highest BCUT2D eigenvalue weighted by Gasteiger charge is 2.11. The predicted molar refractivity (Wildman–Crippen MR) is 128 cm³/mol. The summed E-state index contributed by atoms with van der Waals surface area (Å²) in [5, 5.41) is 7.98. The molecule has 4 rings (SSSR count). The average molecular weight is 484 g/mol. The summed E-state index contributed by atoms with van der Waals surface area (Å²) in [4.78, 5) is 12.6. The molecule has 0 aliphatic heterocycles. The lowest BCUT2D eigenvalue weighted by Gasteiger charge is -2.09. The van der Waals surface area contributed by atoms with E-state index in [1.165, 1.54) is 16.9 Å². The predicted octanol–water partition coefficient (Wildman–Crippen LogP) is 6.52. The van der Waals surface area contributed by atoms with E-state index < -0.39 is 5.82 Å². The minimum Gasteiger partial charge on any atom is -0.489 e. The first-order chi connectivity index (χ1) is 15.9. The molecule has 8 heteroatoms. The molecule has 33 heavy (non-hydrogen) atoms. The molecule has 0 bridgehead atoms. The van der Waals surface area contributed by atoms with Gasteiger partial charge in [0.15, 0.2) is 0 Å². The van der Waals surface area contributed by atoms with Gasteiger partial charge in [0.1, 0.15) is 18.2 Å². The molecule has 5 nitrogen and oxygen atoms in total. The van der Waals surface area contributed by atoms with Crippen LogP contribution >= 0.6 is 23.2 Å². The van der Waals surface area contributed by atoms with Gasteiger partial charge in [0.05, 0.1) is 18.4 Å². The summed E-state index contributed by atoms with van der Waals surface area (Å²) in [6.45, 7) is 2.44. The zero-order chi connectivity index (χ0) is 23.4. The normalized spacial score (nSPS) is 10.8. The van der Waals surface area contributed by atoms with Crippen LogP contribution in [0.4, 0.5) is 10.1 Å². The second-order valence-electron chi connectivity index (χ2n) is 7.48. The lowest BCUT2D eigenvalue weighted by Crippen LogP contribution is -2.11. The van der Waals surface area contributed by atoms with Gasteiger partial charge in [-0.05, 0) is 60.5 Å². The van der Waals surface area contributed by atoms with Crippen LogP contribution in [0.2, 0.25) is 10.0 Å². The monoisotopic (exact) mass is 483 g/mol. The Labute approximate surface area is 200 Å². The molecule has 1 N–H and O–H groups in total. The second kappa shape index (κ2) is 10.1. The van der Waals surface area contributed by atoms with Crippen molar-refractivity contribution in [3.05, 3.63) is 111 Å². The van der Waals surface area contributed by atoms with Crippen molar-refractivity contribution < 1.29 is 13.9 Å². The van der Waals surface area contributed by atoms with Crippen LogP contribution in [0.15, 0.2) is 73.1 Å². The maximum Gasteiger partial charge on any atom is 0.255 e. The van der Waals surface area contributed by atoms with Gasteiger partial charge < -0.3 is 10.1 Å². The number of rotatable bonds is 7. The SMILES string of the molecule is Cc1cc(OCc2ccc(C(=O)Nc3cnn(Cc4c(F)cccc4Cl)c3)cc2)ccc1Cl. The third kappa shape index (κ3) is 5.72. The molecule has 0 spiro atoms. The smallest absolute Gasteiger partial charge is 0.255 e. The Hall–Kier alpha value is -3.35. The first-order valence-corrected chi connectivity index (χ1v) is 10.9. The van der Waals surface area contributed by atoms with Crippen LogP contribution in [0.1, 0.15) is 27.0 Å². The van der Waals surface area contributed by atoms with Gasteiger partial charge in [0.25, 0.3) is 5.91 Å². The Kier molecular flexibility index (Phi) is 6.96. The minimum absolute atomic E-state index is 0.156. The molecule has 1 aromatic heterocycles. The van der Waals surface area contributed by atoms with Crippen molar-refractivity contribution in [2.24, 2.45) is 0 Å². The van der Waals surface area contributed by atoms with Gasteiger partial charge in [-0.15, -0.1) is 0 Å². The molecule has 0 saturated carbocycles. The van der Waals surface area contributed by atoms with Gasteiger partial charge in [-0.1, -0.05) is 41.4 Å². The highest BCUT2D eigenvalue weighted by atomic mass is 35.5. The molecule has 0 unspecified atom stereocenters. The average Bonchev–Trinajstić information content (AvgIpc) is 3.24. The van der Waals surface area contributed by atoms with Crippen molar-refractivity contribution in [1.82, 2.24) is 9.78 Å². The third-order valence-electron chi connectivity index (χ3n) is 5.02. The number of halogens is 3. The molecule has 0 radical (unpaired) electrons. The molecule has 168 valence electrons. The quantitative estimate of drug-likeness (QED) is 0.325. The zero-order valence-electron chi connectivity index (χ0n) is 17.7. The number of hydrogen-bond acceptors (Lipinski definition) is 3. The summed E-state index contributed by atoms with van der Waals surface area (Å²) in [7, 11) is 0. The van der Waals surface area contributed by atoms with Crippen LogP contribution in [-0.2, 0) is 13.2 Å². The molecule has 1 heterocycles. The van der Waals surface area contributed by atoms with E-state index in [9.17, 15) is 9.18 Å². The molecule has 4 aromatic rings. The molecule has 0 fully saturated rings. The fraction of sp³-hybridized carbons (Fsp3) is 0.120. The fourth-order valence-electron chi connectivity index (χ4n) is 3.19. The largest absolute Gasteiger partial charge is 0.489 e. The van der Waals surface area contributed by atoms with E-state index in [1.807, 2.05) is 31.2 Å². The molecule has 0 aliphatic carbocycles. The Balaban J connectivity index is 1.34. The Morgan fingerprint density at radius 1 is 1.09 bits per heavy atom.